The molecule has 1 saturated carbocycles. The summed E-state index contributed by atoms with van der Waals surface area (Å²) in [5, 5.41) is 14.6. The summed E-state index contributed by atoms with van der Waals surface area (Å²) >= 11 is 0. The largest absolute Gasteiger partial charge is 0.480 e. The fourth-order valence-corrected chi connectivity index (χ4v) is 5.19. The maximum Gasteiger partial charge on any atom is 0.407 e. The molecule has 0 spiro atoms. The maximum absolute atomic E-state index is 13.1. The van der Waals surface area contributed by atoms with Crippen molar-refractivity contribution in [3.63, 3.8) is 0 Å². The van der Waals surface area contributed by atoms with Gasteiger partial charge in [-0.3, -0.25) is 9.59 Å². The van der Waals surface area contributed by atoms with Crippen molar-refractivity contribution in [3.8, 4) is 11.1 Å². The van der Waals surface area contributed by atoms with Crippen LogP contribution in [0.1, 0.15) is 62.5 Å². The second-order valence-electron chi connectivity index (χ2n) is 9.41. The Kier molecular flexibility index (Phi) is 7.20. The van der Waals surface area contributed by atoms with Crippen molar-refractivity contribution in [2.24, 2.45) is 5.41 Å². The number of fused-ring (bicyclic) bond motifs is 3. The number of amides is 2. The number of ether oxygens (including phenoxy) is 1. The predicted octanol–water partition coefficient (Wildman–Crippen LogP) is 4.46. The van der Waals surface area contributed by atoms with Crippen molar-refractivity contribution in [2.45, 2.75) is 57.4 Å². The van der Waals surface area contributed by atoms with Gasteiger partial charge in [-0.2, -0.15) is 0 Å². The molecule has 0 heterocycles. The van der Waals surface area contributed by atoms with Crippen LogP contribution in [-0.2, 0) is 14.3 Å². The van der Waals surface area contributed by atoms with Crippen LogP contribution in [0.5, 0.6) is 0 Å². The molecule has 1 atom stereocenters. The molecule has 180 valence electrons. The molecule has 1 fully saturated rings. The maximum atomic E-state index is 13.1. The zero-order valence-corrected chi connectivity index (χ0v) is 19.5. The summed E-state index contributed by atoms with van der Waals surface area (Å²) in [5.41, 5.74) is 3.77. The molecule has 0 saturated heterocycles. The molecule has 2 aromatic rings. The summed E-state index contributed by atoms with van der Waals surface area (Å²) in [6.07, 6.45) is 4.42. The van der Waals surface area contributed by atoms with Crippen LogP contribution in [0.25, 0.3) is 11.1 Å². The number of rotatable bonds is 7. The lowest BCUT2D eigenvalue weighted by Gasteiger charge is -2.32. The zero-order chi connectivity index (χ0) is 24.1. The predicted molar refractivity (Wildman–Crippen MR) is 128 cm³/mol. The van der Waals surface area contributed by atoms with Gasteiger partial charge in [-0.1, -0.05) is 74.2 Å². The molecule has 34 heavy (non-hydrogen) atoms. The second-order valence-corrected chi connectivity index (χ2v) is 9.41. The van der Waals surface area contributed by atoms with Gasteiger partial charge < -0.3 is 20.5 Å². The van der Waals surface area contributed by atoms with Gasteiger partial charge in [0.15, 0.2) is 0 Å². The summed E-state index contributed by atoms with van der Waals surface area (Å²) in [5.74, 6) is -1.44. The zero-order valence-electron chi connectivity index (χ0n) is 19.5. The lowest BCUT2D eigenvalue weighted by molar-refractivity contribution is -0.143. The Morgan fingerprint density at radius 1 is 0.971 bits per heavy atom. The van der Waals surface area contributed by atoms with Crippen LogP contribution in [0.15, 0.2) is 48.5 Å². The molecule has 2 aliphatic rings. The van der Waals surface area contributed by atoms with E-state index in [9.17, 15) is 19.5 Å². The smallest absolute Gasteiger partial charge is 0.407 e. The Morgan fingerprint density at radius 3 is 2.09 bits per heavy atom. The van der Waals surface area contributed by atoms with Crippen LogP contribution >= 0.6 is 0 Å². The standard InChI is InChI=1S/C27H32N2O5/c1-18(24(30)31)29-25(32)27(14-8-2-3-9-15-27)17-28-26(33)34-16-23-21-12-6-4-10-19(21)20-11-5-7-13-22(20)23/h4-7,10-13,18,23H,2-3,8-9,14-17H2,1H3,(H,28,33)(H,29,32)(H,30,31)/t18-/m1/s1. The molecular formula is C27H32N2O5. The van der Waals surface area contributed by atoms with Crippen molar-refractivity contribution in [3.05, 3.63) is 59.7 Å². The topological polar surface area (TPSA) is 105 Å². The summed E-state index contributed by atoms with van der Waals surface area (Å²) in [7, 11) is 0. The van der Waals surface area contributed by atoms with E-state index in [0.29, 0.717) is 12.8 Å². The van der Waals surface area contributed by atoms with Crippen molar-refractivity contribution < 1.29 is 24.2 Å². The van der Waals surface area contributed by atoms with E-state index in [2.05, 4.69) is 34.9 Å². The van der Waals surface area contributed by atoms with E-state index in [-0.39, 0.29) is 25.0 Å². The van der Waals surface area contributed by atoms with Crippen LogP contribution in [-0.4, -0.2) is 42.3 Å². The fourth-order valence-electron chi connectivity index (χ4n) is 5.19. The van der Waals surface area contributed by atoms with Gasteiger partial charge in [0.1, 0.15) is 12.6 Å². The third-order valence-electron chi connectivity index (χ3n) is 7.18. The summed E-state index contributed by atoms with van der Waals surface area (Å²) in [6.45, 7) is 1.78. The highest BCUT2D eigenvalue weighted by molar-refractivity contribution is 5.88. The molecule has 7 nitrogen and oxygen atoms in total. The summed E-state index contributed by atoms with van der Waals surface area (Å²) in [4.78, 5) is 37.0. The Hall–Kier alpha value is -3.35. The van der Waals surface area contributed by atoms with Gasteiger partial charge >= 0.3 is 12.1 Å². The van der Waals surface area contributed by atoms with Gasteiger partial charge in [-0.05, 0) is 42.0 Å². The van der Waals surface area contributed by atoms with Crippen LogP contribution in [0.2, 0.25) is 0 Å². The van der Waals surface area contributed by atoms with Crippen molar-refractivity contribution >= 4 is 18.0 Å². The number of aliphatic carboxylic acids is 1. The Balaban J connectivity index is 1.41. The quantitative estimate of drug-likeness (QED) is 0.525. The highest BCUT2D eigenvalue weighted by atomic mass is 16.5. The fraction of sp³-hybridized carbons (Fsp3) is 0.444. The number of benzene rings is 2. The average molecular weight is 465 g/mol. The van der Waals surface area contributed by atoms with Gasteiger partial charge in [0, 0.05) is 12.5 Å². The number of hydrogen-bond donors (Lipinski definition) is 3. The third kappa shape index (κ3) is 4.93. The van der Waals surface area contributed by atoms with E-state index >= 15 is 0 Å². The molecule has 3 N–H and O–H groups in total. The van der Waals surface area contributed by atoms with E-state index in [1.807, 2.05) is 24.3 Å². The van der Waals surface area contributed by atoms with Crippen molar-refractivity contribution in [2.75, 3.05) is 13.2 Å². The van der Waals surface area contributed by atoms with Crippen molar-refractivity contribution in [1.82, 2.24) is 10.6 Å². The van der Waals surface area contributed by atoms with E-state index in [0.717, 1.165) is 47.9 Å². The van der Waals surface area contributed by atoms with E-state index < -0.39 is 23.5 Å². The minimum Gasteiger partial charge on any atom is -0.480 e. The Labute approximate surface area is 199 Å². The number of hydrogen-bond acceptors (Lipinski definition) is 4. The SMILES string of the molecule is C[C@@H](NC(=O)C1(CNC(=O)OCC2c3ccccc3-c3ccccc32)CCCCCC1)C(=O)O. The van der Waals surface area contributed by atoms with Crippen molar-refractivity contribution in [1.29, 1.82) is 0 Å². The summed E-state index contributed by atoms with van der Waals surface area (Å²) in [6, 6.07) is 15.3. The van der Waals surface area contributed by atoms with E-state index in [1.165, 1.54) is 6.92 Å². The van der Waals surface area contributed by atoms with Crippen LogP contribution < -0.4 is 10.6 Å². The summed E-state index contributed by atoms with van der Waals surface area (Å²) < 4.78 is 5.63. The van der Waals surface area contributed by atoms with Crippen LogP contribution in [0.3, 0.4) is 0 Å². The number of carboxylic acid groups (broad SMARTS) is 1. The number of carboxylic acids is 1. The number of alkyl carbamates (subject to hydrolysis) is 1. The van der Waals surface area contributed by atoms with E-state index in [4.69, 9.17) is 4.74 Å². The van der Waals surface area contributed by atoms with Crippen LogP contribution in [0.4, 0.5) is 4.79 Å². The van der Waals surface area contributed by atoms with Gasteiger partial charge in [0.05, 0.1) is 5.41 Å². The second kappa shape index (κ2) is 10.3. The monoisotopic (exact) mass is 464 g/mol. The first kappa shape index (κ1) is 23.8. The van der Waals surface area contributed by atoms with Gasteiger partial charge in [-0.25, -0.2) is 4.79 Å². The lowest BCUT2D eigenvalue weighted by atomic mass is 9.79. The molecule has 2 amide bonds. The number of carbonyl (C=O) groups is 3. The first-order valence-electron chi connectivity index (χ1n) is 12.0. The highest BCUT2D eigenvalue weighted by Crippen LogP contribution is 2.44. The minimum atomic E-state index is -1.08. The van der Waals surface area contributed by atoms with Gasteiger partial charge in [-0.15, -0.1) is 0 Å². The minimum absolute atomic E-state index is 0.0373. The molecule has 2 aliphatic carbocycles. The lowest BCUT2D eigenvalue weighted by Crippen LogP contribution is -2.52. The number of carbonyl (C=O) groups excluding carboxylic acids is 2. The van der Waals surface area contributed by atoms with Gasteiger partial charge in [0.25, 0.3) is 0 Å². The first-order valence-corrected chi connectivity index (χ1v) is 12.0. The normalized spacial score (nSPS) is 17.6. The molecule has 7 heteroatoms. The molecular weight excluding hydrogens is 432 g/mol. The Bertz CT molecular complexity index is 1010. The molecule has 0 aliphatic heterocycles. The highest BCUT2D eigenvalue weighted by Gasteiger charge is 2.40. The number of nitrogens with one attached hydrogen (secondary N) is 2. The average Bonchev–Trinajstić information content (AvgIpc) is 2.97. The molecule has 2 aromatic carbocycles. The molecule has 4 rings (SSSR count). The molecule has 0 radical (unpaired) electrons. The third-order valence-corrected chi connectivity index (χ3v) is 7.18. The van der Waals surface area contributed by atoms with Gasteiger partial charge in [0.2, 0.25) is 5.91 Å². The molecule has 0 bridgehead atoms. The molecule has 0 aromatic heterocycles. The van der Waals surface area contributed by atoms with Crippen LogP contribution in [0, 0.1) is 5.41 Å². The first-order chi connectivity index (χ1) is 16.4. The van der Waals surface area contributed by atoms with E-state index in [1.54, 1.807) is 0 Å². The molecule has 0 unspecified atom stereocenters. The Morgan fingerprint density at radius 2 is 1.53 bits per heavy atom.